The molecule has 1 rings (SSSR count). The molecule has 0 amide bonds. The summed E-state index contributed by atoms with van der Waals surface area (Å²) in [5.74, 6) is 1.37. The minimum atomic E-state index is 0.480. The molecule has 102 valence electrons. The maximum Gasteiger partial charge on any atom is 0.165 e. The third-order valence-electron chi connectivity index (χ3n) is 2.42. The molecule has 0 spiro atoms. The second kappa shape index (κ2) is 8.19. The lowest BCUT2D eigenvalue weighted by Crippen LogP contribution is -2.14. The highest BCUT2D eigenvalue weighted by Crippen LogP contribution is 2.34. The Morgan fingerprint density at radius 2 is 2.00 bits per heavy atom. The number of halogens is 1. The molecule has 18 heavy (non-hydrogen) atoms. The first-order valence-electron chi connectivity index (χ1n) is 5.91. The molecule has 0 unspecified atom stereocenters. The molecular weight excluding hydrogens is 254 g/mol. The minimum absolute atomic E-state index is 0.480. The van der Waals surface area contributed by atoms with Crippen LogP contribution >= 0.6 is 11.6 Å². The number of benzene rings is 1. The van der Waals surface area contributed by atoms with Crippen LogP contribution in [0.2, 0.25) is 5.02 Å². The summed E-state index contributed by atoms with van der Waals surface area (Å²) in [6.45, 7) is 4.63. The Balaban J connectivity index is 2.92. The van der Waals surface area contributed by atoms with Crippen molar-refractivity contribution < 1.29 is 14.2 Å². The van der Waals surface area contributed by atoms with E-state index in [1.165, 1.54) is 0 Å². The number of hydrogen-bond acceptors (Lipinski definition) is 4. The van der Waals surface area contributed by atoms with Crippen molar-refractivity contribution in [3.63, 3.8) is 0 Å². The van der Waals surface area contributed by atoms with Gasteiger partial charge in [0.25, 0.3) is 0 Å². The highest BCUT2D eigenvalue weighted by Gasteiger charge is 2.12. The Morgan fingerprint density at radius 1 is 1.22 bits per heavy atom. The average Bonchev–Trinajstić information content (AvgIpc) is 2.37. The maximum absolute atomic E-state index is 6.05. The molecule has 1 aromatic rings. The predicted molar refractivity (Wildman–Crippen MR) is 72.8 cm³/mol. The van der Waals surface area contributed by atoms with Gasteiger partial charge in [-0.3, -0.25) is 0 Å². The molecule has 0 bridgehead atoms. The van der Waals surface area contributed by atoms with E-state index >= 15 is 0 Å². The van der Waals surface area contributed by atoms with Gasteiger partial charge in [0.1, 0.15) is 6.61 Å². The van der Waals surface area contributed by atoms with Crippen molar-refractivity contribution >= 4 is 11.6 Å². The molecule has 1 N–H and O–H groups in total. The van der Waals surface area contributed by atoms with E-state index in [1.807, 2.05) is 13.0 Å². The van der Waals surface area contributed by atoms with Crippen LogP contribution in [0, 0.1) is 0 Å². The number of nitrogens with one attached hydrogen (secondary N) is 1. The molecule has 0 radical (unpaired) electrons. The first kappa shape index (κ1) is 15.1. The van der Waals surface area contributed by atoms with Crippen LogP contribution in [-0.2, 0) is 11.3 Å². The topological polar surface area (TPSA) is 39.7 Å². The lowest BCUT2D eigenvalue weighted by molar-refractivity contribution is 0.143. The quantitative estimate of drug-likeness (QED) is 0.739. The van der Waals surface area contributed by atoms with E-state index in [0.29, 0.717) is 30.5 Å². The Hall–Kier alpha value is -0.970. The first-order chi connectivity index (χ1) is 8.72. The summed E-state index contributed by atoms with van der Waals surface area (Å²) >= 11 is 6.05. The second-order valence-corrected chi connectivity index (χ2v) is 4.15. The van der Waals surface area contributed by atoms with Gasteiger partial charge >= 0.3 is 0 Å². The van der Waals surface area contributed by atoms with E-state index in [1.54, 1.807) is 20.3 Å². The molecule has 0 aliphatic heterocycles. The average molecular weight is 274 g/mol. The van der Waals surface area contributed by atoms with Crippen LogP contribution in [-0.4, -0.2) is 34.0 Å². The third-order valence-corrected chi connectivity index (χ3v) is 2.63. The molecule has 0 saturated heterocycles. The molecule has 0 atom stereocenters. The molecule has 0 aliphatic carbocycles. The molecule has 0 fully saturated rings. The summed E-state index contributed by atoms with van der Waals surface area (Å²) in [6, 6.07) is 3.63. The standard InChI is InChI=1S/C13H20ClNO3/c1-4-15-9-10-7-11(14)8-12(17-3)13(10)18-6-5-16-2/h7-8,15H,4-6,9H2,1-3H3. The van der Waals surface area contributed by atoms with Crippen molar-refractivity contribution in [3.05, 3.63) is 22.7 Å². The van der Waals surface area contributed by atoms with Crippen LogP contribution < -0.4 is 14.8 Å². The normalized spacial score (nSPS) is 10.4. The SMILES string of the molecule is CCNCc1cc(Cl)cc(OC)c1OCCOC. The zero-order valence-corrected chi connectivity index (χ0v) is 11.8. The summed E-state index contributed by atoms with van der Waals surface area (Å²) in [5, 5.41) is 3.89. The summed E-state index contributed by atoms with van der Waals surface area (Å²) < 4.78 is 16.0. The van der Waals surface area contributed by atoms with Crippen molar-refractivity contribution in [2.75, 3.05) is 34.0 Å². The van der Waals surface area contributed by atoms with E-state index < -0.39 is 0 Å². The van der Waals surface area contributed by atoms with Gasteiger partial charge in [0, 0.05) is 30.3 Å². The second-order valence-electron chi connectivity index (χ2n) is 3.72. The number of methoxy groups -OCH3 is 2. The van der Waals surface area contributed by atoms with Gasteiger partial charge in [0.2, 0.25) is 0 Å². The van der Waals surface area contributed by atoms with Crippen LogP contribution in [0.4, 0.5) is 0 Å². The van der Waals surface area contributed by atoms with Crippen molar-refractivity contribution in [2.45, 2.75) is 13.5 Å². The first-order valence-corrected chi connectivity index (χ1v) is 6.29. The van der Waals surface area contributed by atoms with Crippen molar-refractivity contribution in [3.8, 4) is 11.5 Å². The van der Waals surface area contributed by atoms with Gasteiger partial charge in [-0.1, -0.05) is 18.5 Å². The van der Waals surface area contributed by atoms with Crippen molar-refractivity contribution in [1.82, 2.24) is 5.32 Å². The van der Waals surface area contributed by atoms with Gasteiger partial charge in [0.15, 0.2) is 11.5 Å². The van der Waals surface area contributed by atoms with Gasteiger partial charge in [-0.05, 0) is 12.6 Å². The molecule has 0 aromatic heterocycles. The highest BCUT2D eigenvalue weighted by molar-refractivity contribution is 6.30. The zero-order chi connectivity index (χ0) is 13.4. The summed E-state index contributed by atoms with van der Waals surface area (Å²) in [6.07, 6.45) is 0. The van der Waals surface area contributed by atoms with Gasteiger partial charge in [-0.2, -0.15) is 0 Å². The van der Waals surface area contributed by atoms with Crippen molar-refractivity contribution in [1.29, 1.82) is 0 Å². The highest BCUT2D eigenvalue weighted by atomic mass is 35.5. The van der Waals surface area contributed by atoms with Gasteiger partial charge in [-0.25, -0.2) is 0 Å². The molecule has 1 aromatic carbocycles. The maximum atomic E-state index is 6.05. The molecule has 0 saturated carbocycles. The fourth-order valence-electron chi connectivity index (χ4n) is 1.56. The van der Waals surface area contributed by atoms with E-state index in [4.69, 9.17) is 25.8 Å². The number of rotatable bonds is 8. The number of ether oxygens (including phenoxy) is 3. The number of hydrogen-bond donors (Lipinski definition) is 1. The Kier molecular flexibility index (Phi) is 6.86. The molecule has 0 aliphatic rings. The third kappa shape index (κ3) is 4.37. The fraction of sp³-hybridized carbons (Fsp3) is 0.538. The minimum Gasteiger partial charge on any atom is -0.493 e. The van der Waals surface area contributed by atoms with E-state index in [-0.39, 0.29) is 0 Å². The van der Waals surface area contributed by atoms with Gasteiger partial charge < -0.3 is 19.5 Å². The van der Waals surface area contributed by atoms with Crippen LogP contribution in [0.3, 0.4) is 0 Å². The molecule has 4 nitrogen and oxygen atoms in total. The molecule has 0 heterocycles. The smallest absolute Gasteiger partial charge is 0.165 e. The van der Waals surface area contributed by atoms with E-state index in [2.05, 4.69) is 5.32 Å². The zero-order valence-electron chi connectivity index (χ0n) is 11.1. The lowest BCUT2D eigenvalue weighted by atomic mass is 10.2. The van der Waals surface area contributed by atoms with Crippen LogP contribution in [0.25, 0.3) is 0 Å². The van der Waals surface area contributed by atoms with Crippen LogP contribution in [0.15, 0.2) is 12.1 Å². The summed E-state index contributed by atoms with van der Waals surface area (Å²) in [5.41, 5.74) is 0.984. The fourth-order valence-corrected chi connectivity index (χ4v) is 1.79. The Labute approximate surface area is 113 Å². The Morgan fingerprint density at radius 3 is 2.61 bits per heavy atom. The molecular formula is C13H20ClNO3. The summed E-state index contributed by atoms with van der Waals surface area (Å²) in [7, 11) is 3.24. The van der Waals surface area contributed by atoms with Crippen molar-refractivity contribution in [2.24, 2.45) is 0 Å². The molecule has 5 heteroatoms. The summed E-state index contributed by atoms with van der Waals surface area (Å²) in [4.78, 5) is 0. The van der Waals surface area contributed by atoms with E-state index in [0.717, 1.165) is 17.9 Å². The lowest BCUT2D eigenvalue weighted by Gasteiger charge is -2.15. The Bertz CT molecular complexity index is 371. The predicted octanol–water partition coefficient (Wildman–Crippen LogP) is 2.48. The van der Waals surface area contributed by atoms with Gasteiger partial charge in [0.05, 0.1) is 13.7 Å². The largest absolute Gasteiger partial charge is 0.493 e. The monoisotopic (exact) mass is 273 g/mol. The van der Waals surface area contributed by atoms with Gasteiger partial charge in [-0.15, -0.1) is 0 Å². The van der Waals surface area contributed by atoms with E-state index in [9.17, 15) is 0 Å². The van der Waals surface area contributed by atoms with Crippen LogP contribution in [0.5, 0.6) is 11.5 Å². The van der Waals surface area contributed by atoms with Crippen LogP contribution in [0.1, 0.15) is 12.5 Å².